The SMILES string of the molecule is C=CCNC(=O)[C@H]1CCCN1C(=O)Nc1ccc(C)cc1. The van der Waals surface area contributed by atoms with Crippen LogP contribution in [0.5, 0.6) is 0 Å². The highest BCUT2D eigenvalue weighted by Crippen LogP contribution is 2.19. The largest absolute Gasteiger partial charge is 0.351 e. The Kier molecular flexibility index (Phi) is 4.98. The van der Waals surface area contributed by atoms with Gasteiger partial charge in [0.05, 0.1) is 0 Å². The molecule has 0 saturated carbocycles. The number of urea groups is 1. The number of nitrogens with one attached hydrogen (secondary N) is 2. The molecule has 1 aromatic carbocycles. The fraction of sp³-hybridized carbons (Fsp3) is 0.375. The number of aryl methyl sites for hydroxylation is 1. The minimum Gasteiger partial charge on any atom is -0.351 e. The van der Waals surface area contributed by atoms with Crippen LogP contribution in [0.15, 0.2) is 36.9 Å². The van der Waals surface area contributed by atoms with E-state index in [-0.39, 0.29) is 11.9 Å². The quantitative estimate of drug-likeness (QED) is 0.835. The molecule has 1 fully saturated rings. The van der Waals surface area contributed by atoms with Crippen molar-refractivity contribution in [1.82, 2.24) is 10.2 Å². The predicted octanol–water partition coefficient (Wildman–Crippen LogP) is 2.29. The summed E-state index contributed by atoms with van der Waals surface area (Å²) < 4.78 is 0. The van der Waals surface area contributed by atoms with Crippen LogP contribution in [-0.4, -0.2) is 36.0 Å². The van der Waals surface area contributed by atoms with Gasteiger partial charge in [-0.1, -0.05) is 23.8 Å². The van der Waals surface area contributed by atoms with Gasteiger partial charge in [0.25, 0.3) is 0 Å². The smallest absolute Gasteiger partial charge is 0.322 e. The number of carbonyl (C=O) groups is 2. The fourth-order valence-electron chi connectivity index (χ4n) is 2.41. The van der Waals surface area contributed by atoms with E-state index in [1.165, 1.54) is 0 Å². The van der Waals surface area contributed by atoms with E-state index in [4.69, 9.17) is 0 Å². The van der Waals surface area contributed by atoms with Crippen molar-refractivity contribution in [3.05, 3.63) is 42.5 Å². The molecule has 3 amide bonds. The number of amides is 3. The van der Waals surface area contributed by atoms with E-state index in [2.05, 4.69) is 17.2 Å². The molecule has 0 bridgehead atoms. The molecule has 2 N–H and O–H groups in total. The molecular weight excluding hydrogens is 266 g/mol. The molecule has 21 heavy (non-hydrogen) atoms. The molecule has 1 saturated heterocycles. The van der Waals surface area contributed by atoms with Gasteiger partial charge in [-0.3, -0.25) is 4.79 Å². The highest BCUT2D eigenvalue weighted by molar-refractivity contribution is 5.94. The Labute approximate surface area is 125 Å². The van der Waals surface area contributed by atoms with Crippen molar-refractivity contribution in [2.24, 2.45) is 0 Å². The second-order valence-corrected chi connectivity index (χ2v) is 5.18. The number of benzene rings is 1. The van der Waals surface area contributed by atoms with Crippen LogP contribution in [-0.2, 0) is 4.79 Å². The van der Waals surface area contributed by atoms with Crippen molar-refractivity contribution >= 4 is 17.6 Å². The van der Waals surface area contributed by atoms with Gasteiger partial charge in [0, 0.05) is 18.8 Å². The van der Waals surface area contributed by atoms with Gasteiger partial charge in [0.15, 0.2) is 0 Å². The Morgan fingerprint density at radius 3 is 2.76 bits per heavy atom. The third kappa shape index (κ3) is 3.84. The van der Waals surface area contributed by atoms with Crippen molar-refractivity contribution in [2.45, 2.75) is 25.8 Å². The molecular formula is C16H21N3O2. The molecule has 1 heterocycles. The molecule has 1 aliphatic rings. The summed E-state index contributed by atoms with van der Waals surface area (Å²) in [5, 5.41) is 5.59. The van der Waals surface area contributed by atoms with Crippen molar-refractivity contribution in [2.75, 3.05) is 18.4 Å². The molecule has 1 atom stereocenters. The second-order valence-electron chi connectivity index (χ2n) is 5.18. The van der Waals surface area contributed by atoms with Crippen molar-refractivity contribution < 1.29 is 9.59 Å². The van der Waals surface area contributed by atoms with E-state index in [0.29, 0.717) is 19.5 Å². The summed E-state index contributed by atoms with van der Waals surface area (Å²) in [6.07, 6.45) is 3.17. The van der Waals surface area contributed by atoms with Crippen molar-refractivity contribution in [3.8, 4) is 0 Å². The van der Waals surface area contributed by atoms with Gasteiger partial charge >= 0.3 is 6.03 Å². The topological polar surface area (TPSA) is 61.4 Å². The van der Waals surface area contributed by atoms with E-state index >= 15 is 0 Å². The van der Waals surface area contributed by atoms with Gasteiger partial charge in [-0.2, -0.15) is 0 Å². The normalized spacial score (nSPS) is 17.4. The molecule has 1 aliphatic heterocycles. The summed E-state index contributed by atoms with van der Waals surface area (Å²) in [4.78, 5) is 25.9. The average Bonchev–Trinajstić information content (AvgIpc) is 2.96. The summed E-state index contributed by atoms with van der Waals surface area (Å²) in [6, 6.07) is 6.97. The Morgan fingerprint density at radius 1 is 1.38 bits per heavy atom. The first-order valence-electron chi connectivity index (χ1n) is 7.14. The first kappa shape index (κ1) is 15.1. The third-order valence-corrected chi connectivity index (χ3v) is 3.54. The van der Waals surface area contributed by atoms with Gasteiger partial charge in [-0.05, 0) is 31.9 Å². The van der Waals surface area contributed by atoms with Gasteiger partial charge in [0.2, 0.25) is 5.91 Å². The lowest BCUT2D eigenvalue weighted by Gasteiger charge is -2.24. The van der Waals surface area contributed by atoms with Crippen molar-refractivity contribution in [1.29, 1.82) is 0 Å². The van der Waals surface area contributed by atoms with E-state index in [1.54, 1.807) is 11.0 Å². The molecule has 112 valence electrons. The van der Waals surface area contributed by atoms with Crippen LogP contribution in [0, 0.1) is 6.92 Å². The van der Waals surface area contributed by atoms with Crippen LogP contribution in [0.3, 0.4) is 0 Å². The number of likely N-dealkylation sites (tertiary alicyclic amines) is 1. The minimum absolute atomic E-state index is 0.119. The van der Waals surface area contributed by atoms with Crippen LogP contribution < -0.4 is 10.6 Å². The van der Waals surface area contributed by atoms with Crippen LogP contribution in [0.25, 0.3) is 0 Å². The highest BCUT2D eigenvalue weighted by atomic mass is 16.2. The standard InChI is InChI=1S/C16H21N3O2/c1-3-10-17-15(20)14-5-4-11-19(14)16(21)18-13-8-6-12(2)7-9-13/h3,6-9,14H,1,4-5,10-11H2,2H3,(H,17,20)(H,18,21)/t14-/m1/s1. The lowest BCUT2D eigenvalue weighted by molar-refractivity contribution is -0.124. The summed E-state index contributed by atoms with van der Waals surface area (Å²) in [7, 11) is 0. The average molecular weight is 287 g/mol. The van der Waals surface area contributed by atoms with Crippen LogP contribution in [0.1, 0.15) is 18.4 Å². The summed E-state index contributed by atoms with van der Waals surface area (Å²) >= 11 is 0. The Balaban J connectivity index is 1.98. The number of hydrogen-bond donors (Lipinski definition) is 2. The molecule has 1 aromatic rings. The molecule has 0 spiro atoms. The Bertz CT molecular complexity index is 525. The maximum Gasteiger partial charge on any atom is 0.322 e. The monoisotopic (exact) mass is 287 g/mol. The zero-order valence-corrected chi connectivity index (χ0v) is 12.3. The Hall–Kier alpha value is -2.30. The number of carbonyl (C=O) groups excluding carboxylic acids is 2. The van der Waals surface area contributed by atoms with Crippen LogP contribution in [0.4, 0.5) is 10.5 Å². The molecule has 2 rings (SSSR count). The first-order chi connectivity index (χ1) is 10.1. The maximum absolute atomic E-state index is 12.3. The molecule has 5 nitrogen and oxygen atoms in total. The molecule has 0 aromatic heterocycles. The Morgan fingerprint density at radius 2 is 2.10 bits per heavy atom. The molecule has 0 unspecified atom stereocenters. The first-order valence-corrected chi connectivity index (χ1v) is 7.14. The lowest BCUT2D eigenvalue weighted by atomic mass is 10.2. The zero-order valence-electron chi connectivity index (χ0n) is 12.3. The van der Waals surface area contributed by atoms with Gasteiger partial charge in [-0.25, -0.2) is 4.79 Å². The van der Waals surface area contributed by atoms with E-state index in [9.17, 15) is 9.59 Å². The highest BCUT2D eigenvalue weighted by Gasteiger charge is 2.33. The summed E-state index contributed by atoms with van der Waals surface area (Å²) in [5.41, 5.74) is 1.87. The van der Waals surface area contributed by atoms with E-state index < -0.39 is 6.04 Å². The van der Waals surface area contributed by atoms with Gasteiger partial charge < -0.3 is 15.5 Å². The molecule has 0 radical (unpaired) electrons. The second kappa shape index (κ2) is 6.92. The predicted molar refractivity (Wildman–Crippen MR) is 83.1 cm³/mol. The number of rotatable bonds is 4. The zero-order chi connectivity index (χ0) is 15.2. The summed E-state index contributed by atoms with van der Waals surface area (Å²) in [6.45, 7) is 6.58. The fourth-order valence-corrected chi connectivity index (χ4v) is 2.41. The van der Waals surface area contributed by atoms with E-state index in [0.717, 1.165) is 17.7 Å². The van der Waals surface area contributed by atoms with Crippen LogP contribution in [0.2, 0.25) is 0 Å². The van der Waals surface area contributed by atoms with Gasteiger partial charge in [-0.15, -0.1) is 6.58 Å². The molecule has 0 aliphatic carbocycles. The lowest BCUT2D eigenvalue weighted by Crippen LogP contribution is -2.47. The minimum atomic E-state index is -0.393. The summed E-state index contributed by atoms with van der Waals surface area (Å²) in [5.74, 6) is -0.119. The number of anilines is 1. The molecule has 5 heteroatoms. The maximum atomic E-state index is 12.3. The van der Waals surface area contributed by atoms with E-state index in [1.807, 2.05) is 31.2 Å². The van der Waals surface area contributed by atoms with Crippen LogP contribution >= 0.6 is 0 Å². The number of nitrogens with zero attached hydrogens (tertiary/aromatic N) is 1. The third-order valence-electron chi connectivity index (χ3n) is 3.54. The van der Waals surface area contributed by atoms with Gasteiger partial charge in [0.1, 0.15) is 6.04 Å². The number of hydrogen-bond acceptors (Lipinski definition) is 2. The van der Waals surface area contributed by atoms with Crippen molar-refractivity contribution in [3.63, 3.8) is 0 Å².